The molecule has 0 radical (unpaired) electrons. The molecule has 0 unspecified atom stereocenters. The second-order valence-corrected chi connectivity index (χ2v) is 8.87. The lowest BCUT2D eigenvalue weighted by Gasteiger charge is -2.21. The molecule has 1 aliphatic heterocycles. The van der Waals surface area contributed by atoms with E-state index in [9.17, 15) is 13.2 Å². The summed E-state index contributed by atoms with van der Waals surface area (Å²) < 4.78 is 28.8. The van der Waals surface area contributed by atoms with Gasteiger partial charge in [0.05, 0.1) is 12.8 Å². The molecule has 9 heteroatoms. The molecule has 2 heterocycles. The summed E-state index contributed by atoms with van der Waals surface area (Å²) in [6.07, 6.45) is 2.09. The standard InChI is InChI=1S/C12H18N2O4S3/c1-18-12(15)9-8(13)10(21(2,16)17)11(20-9)14-4-3-6-19-7-5-14/h3-7,13H2,1-2H3. The molecule has 0 amide bonds. The molecule has 0 saturated carbocycles. The fraction of sp³-hybridized carbons (Fsp3) is 0.583. The second kappa shape index (κ2) is 6.45. The molecule has 0 bridgehead atoms. The number of esters is 1. The van der Waals surface area contributed by atoms with Crippen LogP contribution in [-0.2, 0) is 14.6 Å². The molecule has 21 heavy (non-hydrogen) atoms. The number of carbonyl (C=O) groups excluding carboxylic acids is 1. The average Bonchev–Trinajstić information content (AvgIpc) is 2.62. The van der Waals surface area contributed by atoms with Crippen LogP contribution in [0.1, 0.15) is 16.1 Å². The summed E-state index contributed by atoms with van der Waals surface area (Å²) in [6, 6.07) is 0. The fourth-order valence-electron chi connectivity index (χ4n) is 2.18. The van der Waals surface area contributed by atoms with Crippen LogP contribution in [0.5, 0.6) is 0 Å². The highest BCUT2D eigenvalue weighted by Gasteiger charge is 2.30. The summed E-state index contributed by atoms with van der Waals surface area (Å²) in [4.78, 5) is 14.0. The van der Waals surface area contributed by atoms with Crippen LogP contribution in [0.15, 0.2) is 4.90 Å². The number of ether oxygens (including phenoxy) is 1. The minimum absolute atomic E-state index is 0.00116. The molecule has 1 saturated heterocycles. The third-order valence-corrected chi connectivity index (χ3v) is 6.71. The SMILES string of the molecule is COC(=O)c1sc(N2CCCSCC2)c(S(C)(=O)=O)c1N. The van der Waals surface area contributed by atoms with Gasteiger partial charge in [-0.15, -0.1) is 11.3 Å². The number of hydrogen-bond acceptors (Lipinski definition) is 8. The molecule has 0 spiro atoms. The van der Waals surface area contributed by atoms with Gasteiger partial charge in [0.2, 0.25) is 0 Å². The van der Waals surface area contributed by atoms with Crippen molar-refractivity contribution in [2.75, 3.05) is 48.6 Å². The van der Waals surface area contributed by atoms with Gasteiger partial charge in [-0.05, 0) is 12.2 Å². The maximum absolute atomic E-state index is 12.1. The molecule has 0 aliphatic carbocycles. The van der Waals surface area contributed by atoms with Crippen molar-refractivity contribution in [2.45, 2.75) is 11.3 Å². The Morgan fingerprint density at radius 3 is 2.67 bits per heavy atom. The van der Waals surface area contributed by atoms with E-state index < -0.39 is 15.8 Å². The molecule has 118 valence electrons. The lowest BCUT2D eigenvalue weighted by Crippen LogP contribution is -2.26. The van der Waals surface area contributed by atoms with Gasteiger partial charge in [-0.1, -0.05) is 0 Å². The van der Waals surface area contributed by atoms with E-state index in [0.717, 1.165) is 48.6 Å². The van der Waals surface area contributed by atoms with Gasteiger partial charge in [0.1, 0.15) is 14.8 Å². The predicted molar refractivity (Wildman–Crippen MR) is 87.3 cm³/mol. The minimum Gasteiger partial charge on any atom is -0.465 e. The summed E-state index contributed by atoms with van der Waals surface area (Å²) in [5, 5.41) is 0.554. The van der Waals surface area contributed by atoms with Crippen LogP contribution in [0.25, 0.3) is 0 Å². The van der Waals surface area contributed by atoms with Crippen molar-refractivity contribution in [2.24, 2.45) is 0 Å². The van der Waals surface area contributed by atoms with Crippen LogP contribution in [0, 0.1) is 0 Å². The third-order valence-electron chi connectivity index (χ3n) is 3.13. The number of rotatable bonds is 3. The zero-order valence-corrected chi connectivity index (χ0v) is 14.4. The van der Waals surface area contributed by atoms with Crippen molar-refractivity contribution in [1.82, 2.24) is 0 Å². The Labute approximate surface area is 132 Å². The number of hydrogen-bond donors (Lipinski definition) is 1. The summed E-state index contributed by atoms with van der Waals surface area (Å²) >= 11 is 2.94. The van der Waals surface area contributed by atoms with E-state index in [2.05, 4.69) is 4.74 Å². The Balaban J connectivity index is 2.55. The monoisotopic (exact) mass is 350 g/mol. The highest BCUT2D eigenvalue weighted by atomic mass is 32.2. The molecule has 0 atom stereocenters. The molecule has 2 N–H and O–H groups in total. The number of nitrogens with zero attached hydrogens (tertiary/aromatic N) is 1. The first-order valence-electron chi connectivity index (χ1n) is 6.39. The maximum atomic E-state index is 12.1. The molecular formula is C12H18N2O4S3. The first kappa shape index (κ1) is 16.4. The van der Waals surface area contributed by atoms with Crippen LogP contribution < -0.4 is 10.6 Å². The van der Waals surface area contributed by atoms with Crippen LogP contribution in [-0.4, -0.2) is 52.3 Å². The van der Waals surface area contributed by atoms with E-state index in [1.54, 1.807) is 0 Å². The average molecular weight is 350 g/mol. The topological polar surface area (TPSA) is 89.7 Å². The zero-order chi connectivity index (χ0) is 15.6. The Morgan fingerprint density at radius 1 is 1.33 bits per heavy atom. The van der Waals surface area contributed by atoms with E-state index in [1.165, 1.54) is 7.11 Å². The largest absolute Gasteiger partial charge is 0.465 e. The number of anilines is 2. The van der Waals surface area contributed by atoms with Gasteiger partial charge in [0.15, 0.2) is 9.84 Å². The Bertz CT molecular complexity index is 631. The minimum atomic E-state index is -3.52. The number of thiophene rings is 1. The molecule has 1 fully saturated rings. The lowest BCUT2D eigenvalue weighted by atomic mass is 10.3. The number of carbonyl (C=O) groups is 1. The van der Waals surface area contributed by atoms with Crippen LogP contribution in [0.2, 0.25) is 0 Å². The van der Waals surface area contributed by atoms with Crippen LogP contribution in [0.4, 0.5) is 10.7 Å². The summed E-state index contributed by atoms with van der Waals surface area (Å²) in [7, 11) is -2.26. The second-order valence-electron chi connectivity index (χ2n) is 4.70. The van der Waals surface area contributed by atoms with Gasteiger partial charge in [-0.2, -0.15) is 11.8 Å². The smallest absolute Gasteiger partial charge is 0.350 e. The molecule has 1 aromatic rings. The van der Waals surface area contributed by atoms with Crippen molar-refractivity contribution in [1.29, 1.82) is 0 Å². The molecular weight excluding hydrogens is 332 g/mol. The highest BCUT2D eigenvalue weighted by Crippen LogP contribution is 2.42. The maximum Gasteiger partial charge on any atom is 0.350 e. The van der Waals surface area contributed by atoms with E-state index in [1.807, 2.05) is 16.7 Å². The number of methoxy groups -OCH3 is 1. The predicted octanol–water partition coefficient (Wildman–Crippen LogP) is 1.46. The zero-order valence-electron chi connectivity index (χ0n) is 11.9. The normalized spacial score (nSPS) is 16.6. The van der Waals surface area contributed by atoms with E-state index >= 15 is 0 Å². The Kier molecular flexibility index (Phi) is 5.05. The number of nitrogens with two attached hydrogens (primary N) is 1. The van der Waals surface area contributed by atoms with Crippen molar-refractivity contribution in [3.63, 3.8) is 0 Å². The molecule has 2 rings (SSSR count). The van der Waals surface area contributed by atoms with Crippen LogP contribution in [0.3, 0.4) is 0 Å². The van der Waals surface area contributed by atoms with Crippen molar-refractivity contribution in [3.8, 4) is 0 Å². The lowest BCUT2D eigenvalue weighted by molar-refractivity contribution is 0.0607. The highest BCUT2D eigenvalue weighted by molar-refractivity contribution is 7.99. The first-order valence-corrected chi connectivity index (χ1v) is 10.3. The van der Waals surface area contributed by atoms with E-state index in [0.29, 0.717) is 5.00 Å². The van der Waals surface area contributed by atoms with Crippen LogP contribution >= 0.6 is 23.1 Å². The third kappa shape index (κ3) is 3.46. The fourth-order valence-corrected chi connectivity index (χ4v) is 5.74. The molecule has 6 nitrogen and oxygen atoms in total. The summed E-state index contributed by atoms with van der Waals surface area (Å²) in [6.45, 7) is 1.50. The van der Waals surface area contributed by atoms with Gasteiger partial charge >= 0.3 is 5.97 Å². The Hall–Kier alpha value is -0.930. The van der Waals surface area contributed by atoms with Gasteiger partial charge in [-0.3, -0.25) is 0 Å². The number of nitrogen functional groups attached to an aromatic ring is 1. The molecule has 1 aliphatic rings. The first-order chi connectivity index (χ1) is 9.86. The van der Waals surface area contributed by atoms with Crippen molar-refractivity contribution < 1.29 is 17.9 Å². The van der Waals surface area contributed by atoms with E-state index in [4.69, 9.17) is 5.73 Å². The van der Waals surface area contributed by atoms with Gasteiger partial charge in [-0.25, -0.2) is 13.2 Å². The number of sulfone groups is 1. The Morgan fingerprint density at radius 2 is 2.05 bits per heavy atom. The number of thioether (sulfide) groups is 1. The summed E-state index contributed by atoms with van der Waals surface area (Å²) in [5.41, 5.74) is 5.91. The summed E-state index contributed by atoms with van der Waals surface area (Å²) in [5.74, 6) is 1.38. The quantitative estimate of drug-likeness (QED) is 0.826. The van der Waals surface area contributed by atoms with Crippen molar-refractivity contribution >= 4 is 49.6 Å². The molecule has 0 aromatic carbocycles. The van der Waals surface area contributed by atoms with Gasteiger partial charge in [0.25, 0.3) is 0 Å². The van der Waals surface area contributed by atoms with Gasteiger partial charge in [0, 0.05) is 25.1 Å². The molecule has 1 aromatic heterocycles. The van der Waals surface area contributed by atoms with Crippen molar-refractivity contribution in [3.05, 3.63) is 4.88 Å². The van der Waals surface area contributed by atoms with Gasteiger partial charge < -0.3 is 15.4 Å². The van der Waals surface area contributed by atoms with E-state index in [-0.39, 0.29) is 15.5 Å².